The number of nitrogens with two attached hydrogens (primary N) is 1. The molecule has 0 amide bonds. The summed E-state index contributed by atoms with van der Waals surface area (Å²) in [5, 5.41) is 0. The first-order chi connectivity index (χ1) is 42.8. The lowest BCUT2D eigenvalue weighted by Crippen LogP contribution is -2.29. The Labute approximate surface area is 533 Å². The van der Waals surface area contributed by atoms with E-state index in [4.69, 9.17) is 24.3 Å². The number of phosphoric acid groups is 1. The lowest BCUT2D eigenvalue weighted by Gasteiger charge is -2.19. The van der Waals surface area contributed by atoms with Crippen LogP contribution in [0, 0.1) is 0 Å². The zero-order chi connectivity index (χ0) is 63.0. The summed E-state index contributed by atoms with van der Waals surface area (Å²) in [6.45, 7) is 3.51. The third-order valence-electron chi connectivity index (χ3n) is 14.1. The third kappa shape index (κ3) is 70.3. The minimum atomic E-state index is -4.41. The van der Waals surface area contributed by atoms with E-state index < -0.39 is 26.5 Å². The Morgan fingerprint density at radius 3 is 0.885 bits per heavy atom. The van der Waals surface area contributed by atoms with Crippen LogP contribution < -0.4 is 5.73 Å². The van der Waals surface area contributed by atoms with Crippen molar-refractivity contribution in [2.45, 2.75) is 277 Å². The smallest absolute Gasteiger partial charge is 0.462 e. The number of allylic oxidation sites excluding steroid dienone is 28. The number of unbranched alkanes of at least 4 members (excludes halogenated alkanes) is 22. The summed E-state index contributed by atoms with van der Waals surface area (Å²) < 4.78 is 33.2. The van der Waals surface area contributed by atoms with Crippen molar-refractivity contribution in [1.29, 1.82) is 0 Å². The fraction of sp³-hybridized carbons (Fsp3) is 0.610. The van der Waals surface area contributed by atoms with Gasteiger partial charge in [-0.25, -0.2) is 4.57 Å². The Morgan fingerprint density at radius 2 is 0.598 bits per heavy atom. The average molecular weight is 1220 g/mol. The maximum atomic E-state index is 12.8. The second-order valence-electron chi connectivity index (χ2n) is 22.3. The maximum Gasteiger partial charge on any atom is 0.472 e. The van der Waals surface area contributed by atoms with E-state index in [2.05, 4.69) is 184 Å². The van der Waals surface area contributed by atoms with Crippen LogP contribution in [0.4, 0.5) is 0 Å². The van der Waals surface area contributed by atoms with Gasteiger partial charge in [-0.15, -0.1) is 0 Å². The summed E-state index contributed by atoms with van der Waals surface area (Å²) in [5.74, 6) is -0.844. The van der Waals surface area contributed by atoms with Gasteiger partial charge < -0.3 is 20.1 Å². The van der Waals surface area contributed by atoms with Crippen molar-refractivity contribution in [3.05, 3.63) is 170 Å². The molecule has 0 aromatic heterocycles. The fourth-order valence-corrected chi connectivity index (χ4v) is 9.83. The predicted octanol–water partition coefficient (Wildman–Crippen LogP) is 23.0. The summed E-state index contributed by atoms with van der Waals surface area (Å²) in [7, 11) is -4.41. The molecular weight excluding hydrogens is 1100 g/mol. The number of ether oxygens (including phenoxy) is 2. The van der Waals surface area contributed by atoms with E-state index in [0.29, 0.717) is 6.42 Å². The van der Waals surface area contributed by atoms with Crippen LogP contribution in [-0.4, -0.2) is 49.3 Å². The summed E-state index contributed by atoms with van der Waals surface area (Å²) in [6, 6.07) is 0. The molecule has 3 N–H and O–H groups in total. The fourth-order valence-electron chi connectivity index (χ4n) is 9.07. The highest BCUT2D eigenvalue weighted by atomic mass is 31.2. The monoisotopic (exact) mass is 1220 g/mol. The number of carbonyl (C=O) groups is 2. The second-order valence-corrected chi connectivity index (χ2v) is 23.7. The Hall–Kier alpha value is -4.63. The van der Waals surface area contributed by atoms with E-state index in [9.17, 15) is 19.0 Å². The lowest BCUT2D eigenvalue weighted by atomic mass is 10.0. The molecule has 0 aromatic carbocycles. The van der Waals surface area contributed by atoms with Crippen LogP contribution in [-0.2, 0) is 32.7 Å². The lowest BCUT2D eigenvalue weighted by molar-refractivity contribution is -0.161. The molecule has 9 nitrogen and oxygen atoms in total. The molecule has 10 heteroatoms. The minimum Gasteiger partial charge on any atom is -0.462 e. The molecule has 0 rings (SSSR count). The van der Waals surface area contributed by atoms with Crippen molar-refractivity contribution in [2.75, 3.05) is 26.4 Å². The normalized spacial score (nSPS) is 14.0. The summed E-state index contributed by atoms with van der Waals surface area (Å²) >= 11 is 0. The number of hydrogen-bond acceptors (Lipinski definition) is 8. The Kier molecular flexibility index (Phi) is 66.7. The van der Waals surface area contributed by atoms with Crippen LogP contribution in [0.25, 0.3) is 0 Å². The van der Waals surface area contributed by atoms with Crippen LogP contribution in [0.2, 0.25) is 0 Å². The quantitative estimate of drug-likeness (QED) is 0.0264. The first-order valence-electron chi connectivity index (χ1n) is 34.6. The molecule has 0 aromatic rings. The van der Waals surface area contributed by atoms with Gasteiger partial charge in [0.05, 0.1) is 13.2 Å². The van der Waals surface area contributed by atoms with Crippen molar-refractivity contribution in [2.24, 2.45) is 5.73 Å². The molecule has 0 bridgehead atoms. The van der Waals surface area contributed by atoms with Gasteiger partial charge in [0.15, 0.2) is 6.10 Å². The van der Waals surface area contributed by atoms with Gasteiger partial charge >= 0.3 is 19.8 Å². The van der Waals surface area contributed by atoms with Crippen LogP contribution in [0.1, 0.15) is 271 Å². The standard InChI is InChI=1S/C77H126NO8P/c1-3-5-7-9-11-13-15-17-19-21-23-25-27-29-31-32-33-34-35-36-37-38-39-40-41-42-44-46-48-50-52-54-56-58-60-62-64-66-68-70-77(80)86-75(74-85-87(81,82)84-72-71-78)73-83-76(79)69-67-65-63-61-59-57-55-53-51-49-47-45-43-30-28-26-24-22-20-18-16-14-12-10-8-6-4-2/h5-8,11-14,17-20,23-26,29,31,33-34,36-37,39-40,42,44,48,50,75H,3-4,9-10,15-16,21-22,27-28,30,32,35,38,41,43,45-47,49,51-74,78H2,1-2H3,(H,81,82)/b7-5-,8-6-,13-11-,14-12-,19-17-,20-18-,25-23-,26-24-,31-29-,34-33-,37-36-,40-39-,44-42-,50-48-. The van der Waals surface area contributed by atoms with E-state index in [0.717, 1.165) is 135 Å². The van der Waals surface area contributed by atoms with Gasteiger partial charge in [0.25, 0.3) is 0 Å². The number of esters is 2. The molecule has 2 unspecified atom stereocenters. The van der Waals surface area contributed by atoms with Crippen molar-refractivity contribution < 1.29 is 37.6 Å². The zero-order valence-electron chi connectivity index (χ0n) is 55.2. The number of rotatable bonds is 63. The molecule has 492 valence electrons. The van der Waals surface area contributed by atoms with E-state index in [1.165, 1.54) is 103 Å². The molecule has 0 saturated carbocycles. The summed E-state index contributed by atoms with van der Waals surface area (Å²) in [5.41, 5.74) is 5.40. The minimum absolute atomic E-state index is 0.0442. The summed E-state index contributed by atoms with van der Waals surface area (Å²) in [6.07, 6.45) is 104. The van der Waals surface area contributed by atoms with Crippen molar-refractivity contribution in [3.63, 3.8) is 0 Å². The number of hydrogen-bond donors (Lipinski definition) is 2. The average Bonchev–Trinajstić information content (AvgIpc) is 3.64. The van der Waals surface area contributed by atoms with Crippen molar-refractivity contribution in [3.8, 4) is 0 Å². The Morgan fingerprint density at radius 1 is 0.345 bits per heavy atom. The molecule has 0 saturated heterocycles. The number of carbonyl (C=O) groups excluding carboxylic acids is 2. The highest BCUT2D eigenvalue weighted by Crippen LogP contribution is 2.43. The molecular formula is C77H126NO8P. The first-order valence-corrected chi connectivity index (χ1v) is 36.1. The summed E-state index contributed by atoms with van der Waals surface area (Å²) in [4.78, 5) is 35.4. The highest BCUT2D eigenvalue weighted by Gasteiger charge is 2.26. The third-order valence-corrected chi connectivity index (χ3v) is 15.1. The van der Waals surface area contributed by atoms with Gasteiger partial charge in [-0.1, -0.05) is 300 Å². The Bertz CT molecular complexity index is 2030. The molecule has 0 aliphatic rings. The predicted molar refractivity (Wildman–Crippen MR) is 376 cm³/mol. The number of phosphoric ester groups is 1. The van der Waals surface area contributed by atoms with E-state index in [1.54, 1.807) is 0 Å². The van der Waals surface area contributed by atoms with Gasteiger partial charge in [-0.3, -0.25) is 18.6 Å². The van der Waals surface area contributed by atoms with Gasteiger partial charge in [-0.05, 0) is 128 Å². The molecule has 0 aliphatic heterocycles. The van der Waals surface area contributed by atoms with Gasteiger partial charge in [0.2, 0.25) is 0 Å². The van der Waals surface area contributed by atoms with E-state index in [-0.39, 0.29) is 38.6 Å². The van der Waals surface area contributed by atoms with Crippen molar-refractivity contribution in [1.82, 2.24) is 0 Å². The SMILES string of the molecule is CC/C=C\C/C=C\C/C=C\C/C=C\C/C=C\C/C=C\C/C=C\C/C=C\C/C=C\C/C=C\CCCCCCCCCCC(=O)OC(COC(=O)CCCCCCCCCCCCCCCC/C=C\C/C=C\C/C=C\C/C=C\CC)COP(=O)(O)OCCN. The van der Waals surface area contributed by atoms with Gasteiger partial charge in [-0.2, -0.15) is 0 Å². The molecule has 87 heavy (non-hydrogen) atoms. The van der Waals surface area contributed by atoms with Crippen LogP contribution in [0.3, 0.4) is 0 Å². The largest absolute Gasteiger partial charge is 0.472 e. The molecule has 0 heterocycles. The van der Waals surface area contributed by atoms with E-state index >= 15 is 0 Å². The molecule has 0 fully saturated rings. The van der Waals surface area contributed by atoms with Crippen molar-refractivity contribution >= 4 is 19.8 Å². The van der Waals surface area contributed by atoms with E-state index in [1.807, 2.05) is 0 Å². The molecule has 2 atom stereocenters. The Balaban J connectivity index is 3.98. The van der Waals surface area contributed by atoms with Crippen LogP contribution >= 0.6 is 7.82 Å². The molecule has 0 spiro atoms. The van der Waals surface area contributed by atoms with Crippen LogP contribution in [0.15, 0.2) is 170 Å². The molecule has 0 aliphatic carbocycles. The topological polar surface area (TPSA) is 134 Å². The van der Waals surface area contributed by atoms with Crippen LogP contribution in [0.5, 0.6) is 0 Å². The molecule has 0 radical (unpaired) electrons. The van der Waals surface area contributed by atoms with Gasteiger partial charge in [0, 0.05) is 19.4 Å². The maximum absolute atomic E-state index is 12.8. The second kappa shape index (κ2) is 70.5. The first kappa shape index (κ1) is 82.4. The zero-order valence-corrected chi connectivity index (χ0v) is 56.1. The van der Waals surface area contributed by atoms with Gasteiger partial charge in [0.1, 0.15) is 6.61 Å². The highest BCUT2D eigenvalue weighted by molar-refractivity contribution is 7.47.